The molecule has 4 heteroatoms. The van der Waals surface area contributed by atoms with Gasteiger partial charge in [0.15, 0.2) is 0 Å². The Morgan fingerprint density at radius 3 is 2.78 bits per heavy atom. The molecule has 1 rings (SSSR count). The molecule has 0 saturated heterocycles. The first kappa shape index (κ1) is 6.51. The lowest BCUT2D eigenvalue weighted by atomic mass is 10.5. The Bertz CT molecular complexity index is 286. The van der Waals surface area contributed by atoms with E-state index in [0.29, 0.717) is 0 Å². The molecule has 0 saturated carbocycles. The standard InChI is InChI=1S/C5H4O2S2/c6-9(7)4-5-2-1-3-8-5/h1-4H. The lowest BCUT2D eigenvalue weighted by Crippen LogP contribution is -1.70. The maximum Gasteiger partial charge on any atom is 0.215 e. The summed E-state index contributed by atoms with van der Waals surface area (Å²) in [5.74, 6) is 0. The minimum atomic E-state index is -2.06. The highest BCUT2D eigenvalue weighted by Crippen LogP contribution is 2.03. The first-order valence-electron chi connectivity index (χ1n) is 2.25. The quantitative estimate of drug-likeness (QED) is 0.569. The van der Waals surface area contributed by atoms with E-state index in [0.717, 1.165) is 4.88 Å². The molecule has 0 fully saturated rings. The fourth-order valence-corrected chi connectivity index (χ4v) is 1.65. The normalized spacial score (nSPS) is 8.89. The van der Waals surface area contributed by atoms with Gasteiger partial charge in [-0.15, -0.1) is 11.3 Å². The lowest BCUT2D eigenvalue weighted by Gasteiger charge is -1.69. The van der Waals surface area contributed by atoms with E-state index in [1.54, 1.807) is 6.07 Å². The fraction of sp³-hybridized carbons (Fsp3) is 0. The molecule has 0 unspecified atom stereocenters. The third-order valence-electron chi connectivity index (χ3n) is 0.756. The molecule has 0 aliphatic heterocycles. The van der Waals surface area contributed by atoms with E-state index in [1.165, 1.54) is 16.7 Å². The molecule has 48 valence electrons. The second-order valence-corrected chi connectivity index (χ2v) is 3.13. The van der Waals surface area contributed by atoms with Gasteiger partial charge in [0.2, 0.25) is 10.3 Å². The van der Waals surface area contributed by atoms with Crippen LogP contribution >= 0.6 is 11.3 Å². The second-order valence-electron chi connectivity index (χ2n) is 1.39. The average molecular weight is 160 g/mol. The third-order valence-corrected chi connectivity index (χ3v) is 2.17. The summed E-state index contributed by atoms with van der Waals surface area (Å²) < 4.78 is 20.0. The molecule has 0 bridgehead atoms. The van der Waals surface area contributed by atoms with Gasteiger partial charge in [-0.05, 0) is 11.4 Å². The Labute approximate surface area is 58.3 Å². The van der Waals surface area contributed by atoms with Crippen molar-refractivity contribution in [2.24, 2.45) is 0 Å². The molecule has 0 N–H and O–H groups in total. The van der Waals surface area contributed by atoms with Gasteiger partial charge in [0, 0.05) is 4.88 Å². The lowest BCUT2D eigenvalue weighted by molar-refractivity contribution is 0.627. The summed E-state index contributed by atoms with van der Waals surface area (Å²) in [5, 5.41) is 3.02. The summed E-state index contributed by atoms with van der Waals surface area (Å²) in [4.78, 5) is 0.767. The van der Waals surface area contributed by atoms with Crippen LogP contribution < -0.4 is 0 Å². The number of rotatable bonds is 1. The zero-order valence-electron chi connectivity index (χ0n) is 4.44. The van der Waals surface area contributed by atoms with Crippen LogP contribution in [-0.4, -0.2) is 13.8 Å². The first-order valence-corrected chi connectivity index (χ1v) is 4.27. The molecular formula is C5H4O2S2. The van der Waals surface area contributed by atoms with Gasteiger partial charge in [-0.3, -0.25) is 0 Å². The molecule has 0 spiro atoms. The highest BCUT2D eigenvalue weighted by Gasteiger charge is 1.84. The van der Waals surface area contributed by atoms with E-state index in [1.807, 2.05) is 11.4 Å². The van der Waals surface area contributed by atoms with Crippen molar-refractivity contribution in [3.63, 3.8) is 0 Å². The van der Waals surface area contributed by atoms with Crippen LogP contribution in [0.4, 0.5) is 0 Å². The predicted molar refractivity (Wildman–Crippen MR) is 38.4 cm³/mol. The summed E-state index contributed by atoms with van der Waals surface area (Å²) in [6.45, 7) is 0. The van der Waals surface area contributed by atoms with Crippen molar-refractivity contribution in [2.45, 2.75) is 0 Å². The Morgan fingerprint density at radius 2 is 2.33 bits per heavy atom. The molecule has 1 aromatic heterocycles. The van der Waals surface area contributed by atoms with E-state index in [2.05, 4.69) is 0 Å². The Hall–Kier alpha value is -0.610. The van der Waals surface area contributed by atoms with Gasteiger partial charge in [0.25, 0.3) is 0 Å². The van der Waals surface area contributed by atoms with Crippen LogP contribution in [-0.2, 0) is 10.3 Å². The molecule has 1 aromatic rings. The molecule has 2 nitrogen and oxygen atoms in total. The summed E-state index contributed by atoms with van der Waals surface area (Å²) >= 11 is 1.40. The van der Waals surface area contributed by atoms with Crippen molar-refractivity contribution in [1.82, 2.24) is 0 Å². The highest BCUT2D eigenvalue weighted by molar-refractivity contribution is 7.72. The third kappa shape index (κ3) is 1.99. The van der Waals surface area contributed by atoms with Gasteiger partial charge in [-0.25, -0.2) is 0 Å². The minimum absolute atomic E-state index is 0.767. The fourth-order valence-electron chi connectivity index (χ4n) is 0.453. The first-order chi connectivity index (χ1) is 4.29. The van der Waals surface area contributed by atoms with Crippen LogP contribution in [0.1, 0.15) is 4.88 Å². The van der Waals surface area contributed by atoms with Gasteiger partial charge in [-0.2, -0.15) is 8.42 Å². The molecule has 0 atom stereocenters. The van der Waals surface area contributed by atoms with Gasteiger partial charge < -0.3 is 0 Å². The largest absolute Gasteiger partial charge is 0.215 e. The van der Waals surface area contributed by atoms with E-state index in [4.69, 9.17) is 0 Å². The van der Waals surface area contributed by atoms with Crippen molar-refractivity contribution in [2.75, 3.05) is 0 Å². The maximum absolute atomic E-state index is 10.0. The molecule has 0 amide bonds. The van der Waals surface area contributed by atoms with Crippen LogP contribution in [0, 0.1) is 0 Å². The van der Waals surface area contributed by atoms with Crippen LogP contribution in [0.3, 0.4) is 0 Å². The second kappa shape index (κ2) is 2.80. The molecule has 9 heavy (non-hydrogen) atoms. The van der Waals surface area contributed by atoms with Gasteiger partial charge >= 0.3 is 0 Å². The smallest absolute Gasteiger partial charge is 0.185 e. The van der Waals surface area contributed by atoms with Gasteiger partial charge in [-0.1, -0.05) is 6.07 Å². The van der Waals surface area contributed by atoms with E-state index in [9.17, 15) is 8.42 Å². The van der Waals surface area contributed by atoms with Crippen LogP contribution in [0.15, 0.2) is 17.5 Å². The van der Waals surface area contributed by atoms with Crippen molar-refractivity contribution in [1.29, 1.82) is 0 Å². The van der Waals surface area contributed by atoms with Crippen molar-refractivity contribution in [3.05, 3.63) is 22.4 Å². The van der Waals surface area contributed by atoms with E-state index < -0.39 is 10.3 Å². The van der Waals surface area contributed by atoms with Crippen molar-refractivity contribution >= 4 is 27.0 Å². The van der Waals surface area contributed by atoms with Crippen molar-refractivity contribution in [3.8, 4) is 0 Å². The number of hydrogen-bond acceptors (Lipinski definition) is 3. The molecule has 0 aromatic carbocycles. The summed E-state index contributed by atoms with van der Waals surface area (Å²) in [6, 6.07) is 3.56. The zero-order valence-corrected chi connectivity index (χ0v) is 6.08. The number of thiophene rings is 1. The zero-order chi connectivity index (χ0) is 6.69. The average Bonchev–Trinajstić information content (AvgIpc) is 2.15. The van der Waals surface area contributed by atoms with E-state index in [-0.39, 0.29) is 0 Å². The topological polar surface area (TPSA) is 34.1 Å². The molecule has 0 aliphatic rings. The summed E-state index contributed by atoms with van der Waals surface area (Å²) in [7, 11) is -2.06. The van der Waals surface area contributed by atoms with Crippen LogP contribution in [0.2, 0.25) is 0 Å². The Balaban J connectivity index is 3.07. The summed E-state index contributed by atoms with van der Waals surface area (Å²) in [6.07, 6.45) is 0. The van der Waals surface area contributed by atoms with Gasteiger partial charge in [0.05, 0.1) is 5.37 Å². The predicted octanol–water partition coefficient (Wildman–Crippen LogP) is 0.778. The summed E-state index contributed by atoms with van der Waals surface area (Å²) in [5.41, 5.74) is 0. The van der Waals surface area contributed by atoms with Crippen LogP contribution in [0.25, 0.3) is 0 Å². The van der Waals surface area contributed by atoms with E-state index >= 15 is 0 Å². The molecule has 0 radical (unpaired) electrons. The Kier molecular flexibility index (Phi) is 2.02. The van der Waals surface area contributed by atoms with Crippen molar-refractivity contribution < 1.29 is 8.42 Å². The number of hydrogen-bond donors (Lipinski definition) is 0. The maximum atomic E-state index is 10.0. The SMILES string of the molecule is O=S(=O)=Cc1cccs1. The highest BCUT2D eigenvalue weighted by atomic mass is 32.2. The molecule has 0 aliphatic carbocycles. The van der Waals surface area contributed by atoms with Gasteiger partial charge in [0.1, 0.15) is 0 Å². The monoisotopic (exact) mass is 160 g/mol. The van der Waals surface area contributed by atoms with Crippen LogP contribution in [0.5, 0.6) is 0 Å². The molecular weight excluding hydrogens is 156 g/mol. The minimum Gasteiger partial charge on any atom is -0.185 e. The molecule has 1 heterocycles. The Morgan fingerprint density at radius 1 is 1.56 bits per heavy atom.